The van der Waals surface area contributed by atoms with Crippen molar-refractivity contribution in [2.75, 3.05) is 11.9 Å². The van der Waals surface area contributed by atoms with Crippen molar-refractivity contribution in [1.29, 1.82) is 0 Å². The Bertz CT molecular complexity index is 691. The number of ether oxygens (including phenoxy) is 1. The Balaban J connectivity index is 1.56. The van der Waals surface area contributed by atoms with Crippen molar-refractivity contribution >= 4 is 22.4 Å². The molecule has 0 saturated carbocycles. The number of rotatable bonds is 14. The first-order valence-corrected chi connectivity index (χ1v) is 11.0. The Morgan fingerprint density at radius 2 is 1.64 bits per heavy atom. The van der Waals surface area contributed by atoms with E-state index in [2.05, 4.69) is 22.4 Å². The molecule has 0 aliphatic heterocycles. The van der Waals surface area contributed by atoms with E-state index in [1.54, 1.807) is 0 Å². The first-order valence-electron chi connectivity index (χ1n) is 10.2. The summed E-state index contributed by atoms with van der Waals surface area (Å²) in [6.07, 6.45) is 12.5. The number of amides is 1. The Morgan fingerprint density at radius 1 is 1.00 bits per heavy atom. The van der Waals surface area contributed by atoms with E-state index in [-0.39, 0.29) is 18.3 Å². The van der Waals surface area contributed by atoms with Crippen molar-refractivity contribution < 1.29 is 13.9 Å². The summed E-state index contributed by atoms with van der Waals surface area (Å²) in [5.74, 6) is -0.208. The number of hydrogen-bond donors (Lipinski definition) is 1. The van der Waals surface area contributed by atoms with Crippen LogP contribution in [0.1, 0.15) is 69.7 Å². The van der Waals surface area contributed by atoms with Gasteiger partial charge in [-0.2, -0.15) is 0 Å². The highest BCUT2D eigenvalue weighted by molar-refractivity contribution is 7.15. The number of nitrogens with one attached hydrogen (secondary N) is 1. The van der Waals surface area contributed by atoms with Crippen molar-refractivity contribution in [2.45, 2.75) is 71.1 Å². The third kappa shape index (κ3) is 9.26. The van der Waals surface area contributed by atoms with Gasteiger partial charge in [-0.25, -0.2) is 4.39 Å². The van der Waals surface area contributed by atoms with Crippen LogP contribution in [0.4, 0.5) is 9.52 Å². The average molecular weight is 408 g/mol. The Labute approximate surface area is 170 Å². The zero-order valence-corrected chi connectivity index (χ0v) is 17.4. The molecule has 0 radical (unpaired) electrons. The number of aromatic nitrogens is 2. The number of halogens is 1. The molecule has 5 nitrogen and oxygen atoms in total. The molecule has 0 unspecified atom stereocenters. The van der Waals surface area contributed by atoms with Crippen molar-refractivity contribution in [3.8, 4) is 5.75 Å². The molecular formula is C21H30FN3O2S. The predicted molar refractivity (Wildman–Crippen MR) is 111 cm³/mol. The fourth-order valence-electron chi connectivity index (χ4n) is 2.83. The van der Waals surface area contributed by atoms with Crippen molar-refractivity contribution in [3.05, 3.63) is 35.1 Å². The lowest BCUT2D eigenvalue weighted by molar-refractivity contribution is -0.118. The fraction of sp³-hybridized carbons (Fsp3) is 0.571. The first-order chi connectivity index (χ1) is 13.7. The molecule has 2 rings (SSSR count). The summed E-state index contributed by atoms with van der Waals surface area (Å²) in [5, 5.41) is 12.3. The highest BCUT2D eigenvalue weighted by Gasteiger charge is 2.09. The van der Waals surface area contributed by atoms with Gasteiger partial charge in [-0.1, -0.05) is 69.6 Å². The third-order valence-electron chi connectivity index (χ3n) is 4.39. The molecule has 1 heterocycles. The van der Waals surface area contributed by atoms with Gasteiger partial charge in [0.15, 0.2) is 6.61 Å². The molecule has 0 bridgehead atoms. The summed E-state index contributed by atoms with van der Waals surface area (Å²) in [4.78, 5) is 11.9. The lowest BCUT2D eigenvalue weighted by atomic mass is 10.1. The zero-order valence-electron chi connectivity index (χ0n) is 16.6. The second-order valence-corrected chi connectivity index (χ2v) is 7.93. The van der Waals surface area contributed by atoms with Crippen LogP contribution in [0.2, 0.25) is 0 Å². The van der Waals surface area contributed by atoms with Gasteiger partial charge < -0.3 is 4.74 Å². The smallest absolute Gasteiger partial charge is 0.264 e. The van der Waals surface area contributed by atoms with Gasteiger partial charge in [0.05, 0.1) is 0 Å². The van der Waals surface area contributed by atoms with E-state index in [4.69, 9.17) is 4.74 Å². The molecule has 0 aliphatic rings. The van der Waals surface area contributed by atoms with Crippen LogP contribution in [0.15, 0.2) is 24.3 Å². The number of hydrogen-bond acceptors (Lipinski definition) is 5. The number of aryl methyl sites for hydroxylation is 1. The molecule has 0 fully saturated rings. The van der Waals surface area contributed by atoms with Crippen LogP contribution in [0.3, 0.4) is 0 Å². The minimum Gasteiger partial charge on any atom is -0.484 e. The molecule has 0 atom stereocenters. The maximum Gasteiger partial charge on any atom is 0.264 e. The van der Waals surface area contributed by atoms with Crippen LogP contribution >= 0.6 is 11.3 Å². The highest BCUT2D eigenvalue weighted by atomic mass is 32.1. The van der Waals surface area contributed by atoms with Gasteiger partial charge in [0.25, 0.3) is 5.91 Å². The highest BCUT2D eigenvalue weighted by Crippen LogP contribution is 2.18. The second-order valence-electron chi connectivity index (χ2n) is 6.87. The minimum atomic E-state index is -0.342. The van der Waals surface area contributed by atoms with Gasteiger partial charge in [-0.15, -0.1) is 10.2 Å². The van der Waals surface area contributed by atoms with E-state index >= 15 is 0 Å². The van der Waals surface area contributed by atoms with Gasteiger partial charge in [-0.3, -0.25) is 10.1 Å². The molecule has 0 saturated heterocycles. The van der Waals surface area contributed by atoms with Gasteiger partial charge in [-0.05, 0) is 30.7 Å². The summed E-state index contributed by atoms with van der Waals surface area (Å²) in [6.45, 7) is 2.09. The molecule has 7 heteroatoms. The van der Waals surface area contributed by atoms with Gasteiger partial charge in [0, 0.05) is 6.42 Å². The Hall–Kier alpha value is -2.02. The van der Waals surface area contributed by atoms with Gasteiger partial charge >= 0.3 is 0 Å². The number of nitrogens with zero attached hydrogens (tertiary/aromatic N) is 2. The molecule has 1 N–H and O–H groups in total. The molecule has 0 spiro atoms. The van der Waals surface area contributed by atoms with Crippen LogP contribution in [0.25, 0.3) is 0 Å². The fourth-order valence-corrected chi connectivity index (χ4v) is 3.62. The van der Waals surface area contributed by atoms with E-state index < -0.39 is 0 Å². The number of unbranched alkanes of at least 4 members (excludes halogenated alkanes) is 8. The Kier molecular flexibility index (Phi) is 10.5. The molecule has 1 amide bonds. The number of anilines is 1. The SMILES string of the molecule is CCCCCCCCCCCc1nnc(NC(=O)COc2ccc(F)cc2)s1. The van der Waals surface area contributed by atoms with Crippen molar-refractivity contribution in [2.24, 2.45) is 0 Å². The monoisotopic (exact) mass is 407 g/mol. The predicted octanol–water partition coefficient (Wildman–Crippen LogP) is 5.77. The third-order valence-corrected chi connectivity index (χ3v) is 5.29. The molecule has 154 valence electrons. The van der Waals surface area contributed by atoms with Gasteiger partial charge in [0.2, 0.25) is 5.13 Å². The van der Waals surface area contributed by atoms with Gasteiger partial charge in [0.1, 0.15) is 16.6 Å². The van der Waals surface area contributed by atoms with Crippen molar-refractivity contribution in [1.82, 2.24) is 10.2 Å². The summed E-state index contributed by atoms with van der Waals surface area (Å²) in [5.41, 5.74) is 0. The topological polar surface area (TPSA) is 64.1 Å². The molecule has 0 aliphatic carbocycles. The average Bonchev–Trinajstić information content (AvgIpc) is 3.13. The van der Waals surface area contributed by atoms with E-state index in [9.17, 15) is 9.18 Å². The summed E-state index contributed by atoms with van der Waals surface area (Å²) < 4.78 is 18.1. The summed E-state index contributed by atoms with van der Waals surface area (Å²) >= 11 is 1.40. The van der Waals surface area contributed by atoms with E-state index in [1.807, 2.05) is 0 Å². The largest absolute Gasteiger partial charge is 0.484 e. The Morgan fingerprint density at radius 3 is 2.32 bits per heavy atom. The van der Waals surface area contributed by atoms with Crippen LogP contribution in [0, 0.1) is 5.82 Å². The summed E-state index contributed by atoms with van der Waals surface area (Å²) in [7, 11) is 0. The van der Waals surface area contributed by atoms with E-state index in [1.165, 1.54) is 87.0 Å². The quantitative estimate of drug-likeness (QED) is 0.404. The number of benzene rings is 1. The molecule has 1 aromatic heterocycles. The normalized spacial score (nSPS) is 10.8. The standard InChI is InChI=1S/C21H30FN3O2S/c1-2-3-4-5-6-7-8-9-10-11-20-24-25-21(28-20)23-19(26)16-27-18-14-12-17(22)13-15-18/h12-15H,2-11,16H2,1H3,(H,23,25,26). The molecule has 2 aromatic rings. The maximum absolute atomic E-state index is 12.8. The van der Waals surface area contributed by atoms with Crippen molar-refractivity contribution in [3.63, 3.8) is 0 Å². The molecule has 1 aromatic carbocycles. The zero-order chi connectivity index (χ0) is 20.0. The van der Waals surface area contributed by atoms with Crippen LogP contribution in [-0.4, -0.2) is 22.7 Å². The number of carbonyl (C=O) groups is 1. The van der Waals surface area contributed by atoms with Crippen LogP contribution in [-0.2, 0) is 11.2 Å². The lowest BCUT2D eigenvalue weighted by Crippen LogP contribution is -2.20. The van der Waals surface area contributed by atoms with E-state index in [0.717, 1.165) is 17.8 Å². The van der Waals surface area contributed by atoms with Crippen LogP contribution in [0.5, 0.6) is 5.75 Å². The van der Waals surface area contributed by atoms with Crippen LogP contribution < -0.4 is 10.1 Å². The second kappa shape index (κ2) is 13.2. The number of carbonyl (C=O) groups excluding carboxylic acids is 1. The summed E-state index contributed by atoms with van der Waals surface area (Å²) in [6, 6.07) is 5.54. The minimum absolute atomic E-state index is 0.154. The van der Waals surface area contributed by atoms with E-state index in [0.29, 0.717) is 10.9 Å². The lowest BCUT2D eigenvalue weighted by Gasteiger charge is -2.05. The molecule has 28 heavy (non-hydrogen) atoms. The molecular weight excluding hydrogens is 377 g/mol. The maximum atomic E-state index is 12.8. The first kappa shape index (κ1) is 22.3.